The van der Waals surface area contributed by atoms with Gasteiger partial charge in [0, 0.05) is 39.6 Å². The highest BCUT2D eigenvalue weighted by molar-refractivity contribution is 6.06. The summed E-state index contributed by atoms with van der Waals surface area (Å²) in [6.07, 6.45) is 13.7. The first-order valence-electron chi connectivity index (χ1n) is 14.0. The minimum atomic E-state index is -0.629. The van der Waals surface area contributed by atoms with E-state index in [4.69, 9.17) is 15.9 Å². The molecule has 2 bridgehead atoms. The van der Waals surface area contributed by atoms with Gasteiger partial charge in [-0.1, -0.05) is 30.9 Å². The molecule has 0 aromatic rings. The number of imide groups is 1. The minimum absolute atomic E-state index is 0.00294. The molecule has 3 rings (SSSR count). The topological polar surface area (TPSA) is 122 Å². The second kappa shape index (κ2) is 14.8. The Morgan fingerprint density at radius 2 is 1.74 bits per heavy atom. The van der Waals surface area contributed by atoms with E-state index in [0.717, 1.165) is 32.1 Å². The molecule has 1 heterocycles. The lowest BCUT2D eigenvalue weighted by Gasteiger charge is -2.20. The van der Waals surface area contributed by atoms with Crippen molar-refractivity contribution in [2.45, 2.75) is 64.4 Å². The third kappa shape index (κ3) is 7.91. The Balaban J connectivity index is 1.25. The molecule has 10 nitrogen and oxygen atoms in total. The zero-order valence-corrected chi connectivity index (χ0v) is 23.1. The normalized spacial score (nSPS) is 23.5. The van der Waals surface area contributed by atoms with Crippen molar-refractivity contribution in [3.63, 3.8) is 0 Å². The lowest BCUT2D eigenvalue weighted by atomic mass is 9.85. The average molecular weight is 544 g/mol. The molecule has 3 unspecified atom stereocenters. The first-order valence-corrected chi connectivity index (χ1v) is 14.0. The third-order valence-electron chi connectivity index (χ3n) is 7.90. The van der Waals surface area contributed by atoms with Gasteiger partial charge in [0.25, 0.3) is 0 Å². The first-order chi connectivity index (χ1) is 18.8. The van der Waals surface area contributed by atoms with Crippen molar-refractivity contribution in [2.24, 2.45) is 23.7 Å². The van der Waals surface area contributed by atoms with Crippen molar-refractivity contribution in [1.29, 1.82) is 0 Å². The molecular formula is C29H41N3O7. The standard InChI is InChI=1S/C29H41N3O7/c1-4-15-31(24(34)13-12-23(33)30-14-9-18-39-29(37)20(2)38-3)16-7-5-6-8-17-32-27(35)25-21-10-11-22(19-21)26(25)28(32)36/h1,10-11,20-22,25-26H,5-9,12-19H2,2-3H3,(H,30,33)/t20?,21-,22+,25?,26?. The second-order valence-electron chi connectivity index (χ2n) is 10.5. The van der Waals surface area contributed by atoms with Crippen LogP contribution >= 0.6 is 0 Å². The van der Waals surface area contributed by atoms with Crippen LogP contribution in [0.1, 0.15) is 58.3 Å². The maximum absolute atomic E-state index is 12.8. The number of allylic oxidation sites excluding steroid dienone is 2. The summed E-state index contributed by atoms with van der Waals surface area (Å²) in [5.74, 6) is 1.79. The van der Waals surface area contributed by atoms with Crippen LogP contribution in [0.3, 0.4) is 0 Å². The van der Waals surface area contributed by atoms with E-state index in [0.29, 0.717) is 26.1 Å². The molecule has 0 aromatic heterocycles. The third-order valence-corrected chi connectivity index (χ3v) is 7.90. The van der Waals surface area contributed by atoms with Crippen LogP contribution in [0.4, 0.5) is 0 Å². The Morgan fingerprint density at radius 1 is 1.08 bits per heavy atom. The van der Waals surface area contributed by atoms with Gasteiger partial charge < -0.3 is 19.7 Å². The van der Waals surface area contributed by atoms with Gasteiger partial charge >= 0.3 is 5.97 Å². The van der Waals surface area contributed by atoms with Crippen LogP contribution < -0.4 is 5.32 Å². The molecule has 10 heteroatoms. The van der Waals surface area contributed by atoms with Crippen molar-refractivity contribution in [3.8, 4) is 12.3 Å². The van der Waals surface area contributed by atoms with Crippen LogP contribution in [0.25, 0.3) is 0 Å². The Labute approximate surface area is 230 Å². The summed E-state index contributed by atoms with van der Waals surface area (Å²) in [6.45, 7) is 3.24. The fourth-order valence-corrected chi connectivity index (χ4v) is 5.67. The van der Waals surface area contributed by atoms with Gasteiger partial charge in [0.2, 0.25) is 23.6 Å². The van der Waals surface area contributed by atoms with Gasteiger partial charge in [0.1, 0.15) is 0 Å². The zero-order valence-electron chi connectivity index (χ0n) is 23.1. The van der Waals surface area contributed by atoms with E-state index < -0.39 is 12.1 Å². The molecule has 214 valence electrons. The lowest BCUT2D eigenvalue weighted by Crippen LogP contribution is -2.34. The molecule has 2 fully saturated rings. The van der Waals surface area contributed by atoms with Crippen molar-refractivity contribution < 1.29 is 33.4 Å². The molecule has 5 atom stereocenters. The minimum Gasteiger partial charge on any atom is -0.464 e. The Bertz CT molecular complexity index is 958. The number of nitrogens with zero attached hydrogens (tertiary/aromatic N) is 2. The van der Waals surface area contributed by atoms with Crippen molar-refractivity contribution in [1.82, 2.24) is 15.1 Å². The lowest BCUT2D eigenvalue weighted by molar-refractivity contribution is -0.154. The quantitative estimate of drug-likeness (QED) is 0.0974. The number of unbranched alkanes of at least 4 members (excludes halogenated alkanes) is 3. The Morgan fingerprint density at radius 3 is 2.38 bits per heavy atom. The number of fused-ring (bicyclic) bond motifs is 5. The molecule has 0 spiro atoms. The molecule has 1 aliphatic heterocycles. The van der Waals surface area contributed by atoms with Gasteiger partial charge in [-0.2, -0.15) is 0 Å². The first kappa shape index (κ1) is 30.4. The SMILES string of the molecule is C#CCN(CCCCCCN1C(=O)C2C(C1=O)[C@H]1C=C[C@@H]2C1)C(=O)CCC(=O)NCCCOC(=O)C(C)OC. The van der Waals surface area contributed by atoms with Crippen LogP contribution in [0.15, 0.2) is 12.2 Å². The summed E-state index contributed by atoms with van der Waals surface area (Å²) in [5.41, 5.74) is 0. The number of carbonyl (C=O) groups is 5. The van der Waals surface area contributed by atoms with E-state index in [1.807, 2.05) is 0 Å². The van der Waals surface area contributed by atoms with Gasteiger partial charge in [-0.05, 0) is 44.4 Å². The van der Waals surface area contributed by atoms with Crippen LogP contribution in [0.2, 0.25) is 0 Å². The van der Waals surface area contributed by atoms with Crippen LogP contribution in [0.5, 0.6) is 0 Å². The van der Waals surface area contributed by atoms with Crippen LogP contribution in [-0.4, -0.2) is 85.4 Å². The van der Waals surface area contributed by atoms with Crippen LogP contribution in [0, 0.1) is 36.0 Å². The molecule has 1 saturated heterocycles. The molecule has 1 saturated carbocycles. The predicted octanol–water partition coefficient (Wildman–Crippen LogP) is 1.68. The average Bonchev–Trinajstić information content (AvgIpc) is 3.61. The highest BCUT2D eigenvalue weighted by Gasteiger charge is 2.58. The maximum atomic E-state index is 12.8. The number of rotatable bonds is 17. The summed E-state index contributed by atoms with van der Waals surface area (Å²) >= 11 is 0. The van der Waals surface area contributed by atoms with Gasteiger partial charge in [-0.25, -0.2) is 4.79 Å². The Kier molecular flexibility index (Phi) is 11.5. The summed E-state index contributed by atoms with van der Waals surface area (Å²) in [7, 11) is 1.42. The van der Waals surface area contributed by atoms with Crippen molar-refractivity contribution in [2.75, 3.05) is 39.9 Å². The predicted molar refractivity (Wildman–Crippen MR) is 143 cm³/mol. The Hall–Kier alpha value is -3.19. The monoisotopic (exact) mass is 543 g/mol. The highest BCUT2D eigenvalue weighted by Crippen LogP contribution is 2.52. The zero-order chi connectivity index (χ0) is 28.4. The molecule has 4 amide bonds. The maximum Gasteiger partial charge on any atom is 0.334 e. The fourth-order valence-electron chi connectivity index (χ4n) is 5.67. The van der Waals surface area contributed by atoms with E-state index >= 15 is 0 Å². The number of hydrogen-bond donors (Lipinski definition) is 1. The summed E-state index contributed by atoms with van der Waals surface area (Å²) < 4.78 is 9.89. The number of amides is 4. The van der Waals surface area contributed by atoms with E-state index in [1.165, 1.54) is 12.0 Å². The van der Waals surface area contributed by atoms with Crippen LogP contribution in [-0.2, 0) is 33.4 Å². The number of methoxy groups -OCH3 is 1. The second-order valence-corrected chi connectivity index (χ2v) is 10.5. The molecule has 2 aliphatic carbocycles. The van der Waals surface area contributed by atoms with Crippen molar-refractivity contribution >= 4 is 29.6 Å². The number of ether oxygens (including phenoxy) is 2. The number of likely N-dealkylation sites (tertiary alicyclic amines) is 1. The summed E-state index contributed by atoms with van der Waals surface area (Å²) in [5, 5.41) is 2.71. The number of nitrogens with one attached hydrogen (secondary N) is 1. The fraction of sp³-hybridized carbons (Fsp3) is 0.690. The number of terminal acetylenes is 1. The smallest absolute Gasteiger partial charge is 0.334 e. The molecular weight excluding hydrogens is 502 g/mol. The summed E-state index contributed by atoms with van der Waals surface area (Å²) in [4.78, 5) is 64.7. The van der Waals surface area contributed by atoms with Gasteiger partial charge in [0.05, 0.1) is 25.0 Å². The molecule has 0 aromatic carbocycles. The van der Waals surface area contributed by atoms with Gasteiger partial charge in [-0.3, -0.25) is 24.1 Å². The molecule has 39 heavy (non-hydrogen) atoms. The summed E-state index contributed by atoms with van der Waals surface area (Å²) in [6, 6.07) is 0. The molecule has 0 radical (unpaired) electrons. The van der Waals surface area contributed by atoms with E-state index in [2.05, 4.69) is 23.4 Å². The van der Waals surface area contributed by atoms with E-state index in [9.17, 15) is 24.0 Å². The van der Waals surface area contributed by atoms with E-state index in [-0.39, 0.29) is 73.3 Å². The number of carbonyl (C=O) groups excluding carboxylic acids is 5. The number of esters is 1. The molecule has 3 aliphatic rings. The highest BCUT2D eigenvalue weighted by atomic mass is 16.6. The largest absolute Gasteiger partial charge is 0.464 e. The van der Waals surface area contributed by atoms with Gasteiger partial charge in [-0.15, -0.1) is 6.42 Å². The van der Waals surface area contributed by atoms with Gasteiger partial charge in [0.15, 0.2) is 6.10 Å². The van der Waals surface area contributed by atoms with E-state index in [1.54, 1.807) is 11.8 Å². The molecule has 1 N–H and O–H groups in total. The van der Waals surface area contributed by atoms with Crippen molar-refractivity contribution in [3.05, 3.63) is 12.2 Å². The number of hydrogen-bond acceptors (Lipinski definition) is 7.